The maximum absolute atomic E-state index is 6.33. The standard InChI is InChI=1S/C30H37BrN2/c1-22-10-9-13-27(16-22)30(3,14-15-33(4)5)28-19-25(20-29(31)21-28)18-26(23(2)32)17-24-11-7-6-8-12-24/h6-13,16,18,20-21H,14-15,17,19,32H2,1-5H3/b25-18+,26-23-. The number of rotatable bonds is 8. The Morgan fingerprint density at radius 2 is 1.82 bits per heavy atom. The fourth-order valence-corrected chi connectivity index (χ4v) is 4.99. The molecule has 0 heterocycles. The molecule has 0 saturated heterocycles. The van der Waals surface area contributed by atoms with Crippen molar-refractivity contribution in [2.45, 2.75) is 45.4 Å². The molecule has 33 heavy (non-hydrogen) atoms. The lowest BCUT2D eigenvalue weighted by molar-refractivity contribution is 0.350. The van der Waals surface area contributed by atoms with E-state index in [0.717, 1.165) is 36.0 Å². The first-order valence-corrected chi connectivity index (χ1v) is 12.5. The zero-order valence-electron chi connectivity index (χ0n) is 20.7. The minimum Gasteiger partial charge on any atom is -0.402 e. The number of nitrogens with two attached hydrogens (primary N) is 1. The molecule has 3 heteroatoms. The summed E-state index contributed by atoms with van der Waals surface area (Å²) in [5.41, 5.74) is 15.0. The first-order chi connectivity index (χ1) is 15.7. The summed E-state index contributed by atoms with van der Waals surface area (Å²) in [7, 11) is 4.30. The van der Waals surface area contributed by atoms with Crippen LogP contribution in [-0.4, -0.2) is 25.5 Å². The number of hydrogen-bond donors (Lipinski definition) is 1. The summed E-state index contributed by atoms with van der Waals surface area (Å²) in [6, 6.07) is 19.5. The lowest BCUT2D eigenvalue weighted by atomic mass is 9.69. The van der Waals surface area contributed by atoms with Gasteiger partial charge in [-0.3, -0.25) is 0 Å². The van der Waals surface area contributed by atoms with E-state index < -0.39 is 0 Å². The van der Waals surface area contributed by atoms with Crippen LogP contribution in [0.4, 0.5) is 0 Å². The minimum atomic E-state index is -0.0519. The van der Waals surface area contributed by atoms with Crippen molar-refractivity contribution in [2.24, 2.45) is 5.73 Å². The molecule has 2 N–H and O–H groups in total. The molecular formula is C30H37BrN2. The van der Waals surface area contributed by atoms with E-state index in [4.69, 9.17) is 5.73 Å². The smallest absolute Gasteiger partial charge is 0.0178 e. The van der Waals surface area contributed by atoms with Gasteiger partial charge in [-0.05, 0) is 88.2 Å². The van der Waals surface area contributed by atoms with Gasteiger partial charge < -0.3 is 10.6 Å². The van der Waals surface area contributed by atoms with E-state index in [9.17, 15) is 0 Å². The molecule has 2 aromatic rings. The predicted octanol–water partition coefficient (Wildman–Crippen LogP) is 7.22. The van der Waals surface area contributed by atoms with Gasteiger partial charge in [0, 0.05) is 15.6 Å². The van der Waals surface area contributed by atoms with Crippen LogP contribution in [0, 0.1) is 6.92 Å². The summed E-state index contributed by atoms with van der Waals surface area (Å²) in [5.74, 6) is 0. The second kappa shape index (κ2) is 11.2. The first-order valence-electron chi connectivity index (χ1n) is 11.7. The zero-order chi connectivity index (χ0) is 24.0. The molecular weight excluding hydrogens is 468 g/mol. The molecule has 0 saturated carbocycles. The van der Waals surface area contributed by atoms with Crippen molar-refractivity contribution >= 4 is 15.9 Å². The Kier molecular flexibility index (Phi) is 8.56. The molecule has 0 spiro atoms. The van der Waals surface area contributed by atoms with Gasteiger partial charge in [0.25, 0.3) is 0 Å². The van der Waals surface area contributed by atoms with Crippen LogP contribution >= 0.6 is 15.9 Å². The van der Waals surface area contributed by atoms with Crippen molar-refractivity contribution < 1.29 is 0 Å². The van der Waals surface area contributed by atoms with Gasteiger partial charge in [-0.1, -0.05) is 94.7 Å². The fourth-order valence-electron chi connectivity index (χ4n) is 4.42. The third-order valence-electron chi connectivity index (χ3n) is 6.56. The average molecular weight is 506 g/mol. The highest BCUT2D eigenvalue weighted by Gasteiger charge is 2.32. The van der Waals surface area contributed by atoms with Crippen molar-refractivity contribution in [3.05, 3.63) is 116 Å². The van der Waals surface area contributed by atoms with E-state index in [1.807, 2.05) is 6.92 Å². The van der Waals surface area contributed by atoms with Crippen molar-refractivity contribution in [3.63, 3.8) is 0 Å². The van der Waals surface area contributed by atoms with E-state index in [1.165, 1.54) is 33.4 Å². The Morgan fingerprint density at radius 3 is 2.45 bits per heavy atom. The van der Waals surface area contributed by atoms with Crippen LogP contribution in [0.15, 0.2) is 99.7 Å². The molecule has 3 rings (SSSR count). The summed E-state index contributed by atoms with van der Waals surface area (Å²) in [6.07, 6.45) is 9.67. The molecule has 0 bridgehead atoms. The largest absolute Gasteiger partial charge is 0.402 e. The molecule has 2 aromatic carbocycles. The number of halogens is 1. The van der Waals surface area contributed by atoms with Crippen LogP contribution in [-0.2, 0) is 11.8 Å². The lowest BCUT2D eigenvalue weighted by Gasteiger charge is -2.36. The van der Waals surface area contributed by atoms with Crippen molar-refractivity contribution in [3.8, 4) is 0 Å². The van der Waals surface area contributed by atoms with Gasteiger partial charge in [0.05, 0.1) is 0 Å². The Balaban J connectivity index is 1.97. The Bertz CT molecular complexity index is 1090. The monoisotopic (exact) mass is 504 g/mol. The molecule has 2 nitrogen and oxygen atoms in total. The SMILES string of the molecule is C/C(N)=C(/C=C1/C=C(Br)C=C(C(C)(CCN(C)C)c2cccc(C)c2)C1)Cc1ccccc1. The summed E-state index contributed by atoms with van der Waals surface area (Å²) in [5, 5.41) is 0. The number of allylic oxidation sites excluding steroid dienone is 8. The van der Waals surface area contributed by atoms with Crippen LogP contribution in [0.3, 0.4) is 0 Å². The highest BCUT2D eigenvalue weighted by atomic mass is 79.9. The van der Waals surface area contributed by atoms with Crippen LogP contribution in [0.2, 0.25) is 0 Å². The molecule has 174 valence electrons. The van der Waals surface area contributed by atoms with Crippen molar-refractivity contribution in [1.82, 2.24) is 4.90 Å². The average Bonchev–Trinajstić information content (AvgIpc) is 2.77. The van der Waals surface area contributed by atoms with E-state index in [0.29, 0.717) is 0 Å². The van der Waals surface area contributed by atoms with Crippen LogP contribution in [0.1, 0.15) is 43.4 Å². The lowest BCUT2D eigenvalue weighted by Crippen LogP contribution is -2.31. The molecule has 0 amide bonds. The fraction of sp³-hybridized carbons (Fsp3) is 0.333. The van der Waals surface area contributed by atoms with E-state index in [1.54, 1.807) is 0 Å². The van der Waals surface area contributed by atoms with Gasteiger partial charge in [0.15, 0.2) is 0 Å². The van der Waals surface area contributed by atoms with E-state index in [-0.39, 0.29) is 5.41 Å². The third kappa shape index (κ3) is 6.82. The summed E-state index contributed by atoms with van der Waals surface area (Å²) >= 11 is 3.81. The van der Waals surface area contributed by atoms with Gasteiger partial charge in [-0.2, -0.15) is 0 Å². The molecule has 0 aromatic heterocycles. The molecule has 1 aliphatic carbocycles. The number of nitrogens with zero attached hydrogens (tertiary/aromatic N) is 1. The Hall–Kier alpha value is -2.36. The number of hydrogen-bond acceptors (Lipinski definition) is 2. The van der Waals surface area contributed by atoms with Gasteiger partial charge >= 0.3 is 0 Å². The first kappa shape index (κ1) is 25.3. The summed E-state index contributed by atoms with van der Waals surface area (Å²) in [4.78, 5) is 2.28. The zero-order valence-corrected chi connectivity index (χ0v) is 22.2. The van der Waals surface area contributed by atoms with Gasteiger partial charge in [-0.15, -0.1) is 0 Å². The highest BCUT2D eigenvalue weighted by Crippen LogP contribution is 2.42. The van der Waals surface area contributed by atoms with Crippen LogP contribution in [0.25, 0.3) is 0 Å². The van der Waals surface area contributed by atoms with Crippen molar-refractivity contribution in [1.29, 1.82) is 0 Å². The molecule has 1 aliphatic rings. The second-order valence-electron chi connectivity index (χ2n) is 9.72. The molecule has 0 aliphatic heterocycles. The predicted molar refractivity (Wildman–Crippen MR) is 147 cm³/mol. The summed E-state index contributed by atoms with van der Waals surface area (Å²) < 4.78 is 1.12. The minimum absolute atomic E-state index is 0.0519. The van der Waals surface area contributed by atoms with Crippen molar-refractivity contribution in [2.75, 3.05) is 20.6 Å². The van der Waals surface area contributed by atoms with Gasteiger partial charge in [0.2, 0.25) is 0 Å². The third-order valence-corrected chi connectivity index (χ3v) is 7.01. The topological polar surface area (TPSA) is 29.3 Å². The molecule has 1 atom stereocenters. The number of aryl methyl sites for hydroxylation is 1. The Labute approximate surface area is 208 Å². The molecule has 0 radical (unpaired) electrons. The van der Waals surface area contributed by atoms with E-state index in [2.05, 4.69) is 122 Å². The highest BCUT2D eigenvalue weighted by molar-refractivity contribution is 9.11. The number of benzene rings is 2. The molecule has 1 unspecified atom stereocenters. The normalized spacial score (nSPS) is 18.0. The Morgan fingerprint density at radius 1 is 1.09 bits per heavy atom. The van der Waals surface area contributed by atoms with Crippen LogP contribution < -0.4 is 5.73 Å². The summed E-state index contributed by atoms with van der Waals surface area (Å²) in [6.45, 7) is 7.61. The molecule has 0 fully saturated rings. The van der Waals surface area contributed by atoms with E-state index >= 15 is 0 Å². The quantitative estimate of drug-likeness (QED) is 0.411. The maximum atomic E-state index is 6.33. The van der Waals surface area contributed by atoms with Crippen LogP contribution in [0.5, 0.6) is 0 Å². The van der Waals surface area contributed by atoms with Gasteiger partial charge in [0.1, 0.15) is 0 Å². The van der Waals surface area contributed by atoms with Gasteiger partial charge in [-0.25, -0.2) is 0 Å². The second-order valence-corrected chi connectivity index (χ2v) is 10.6. The maximum Gasteiger partial charge on any atom is 0.0178 e.